The highest BCUT2D eigenvalue weighted by molar-refractivity contribution is 5.92. The topological polar surface area (TPSA) is 86.8 Å². The van der Waals surface area contributed by atoms with E-state index < -0.39 is 0 Å². The second-order valence-corrected chi connectivity index (χ2v) is 5.62. The number of imidazole rings is 1. The largest absolute Gasteiger partial charge is 0.356 e. The van der Waals surface area contributed by atoms with Crippen molar-refractivity contribution in [1.29, 1.82) is 5.26 Å². The molecular weight excluding hydrogens is 292 g/mol. The Morgan fingerprint density at radius 2 is 2.17 bits per heavy atom. The molecule has 2 aromatic rings. The Morgan fingerprint density at radius 1 is 1.39 bits per heavy atom. The van der Waals surface area contributed by atoms with Crippen LogP contribution in [0.2, 0.25) is 0 Å². The van der Waals surface area contributed by atoms with Crippen LogP contribution in [0.3, 0.4) is 0 Å². The predicted octanol–water partition coefficient (Wildman–Crippen LogP) is 1.09. The average molecular weight is 310 g/mol. The van der Waals surface area contributed by atoms with Gasteiger partial charge in [0.05, 0.1) is 12.5 Å². The third kappa shape index (κ3) is 3.31. The Hall–Kier alpha value is -2.88. The SMILES string of the molecule is Cn1cncc1C(=O)NC1CCN(c2cccc(C#N)n2)CC1. The lowest BCUT2D eigenvalue weighted by Crippen LogP contribution is -2.45. The van der Waals surface area contributed by atoms with Crippen LogP contribution >= 0.6 is 0 Å². The second kappa shape index (κ2) is 6.48. The van der Waals surface area contributed by atoms with Gasteiger partial charge in [-0.3, -0.25) is 4.79 Å². The summed E-state index contributed by atoms with van der Waals surface area (Å²) >= 11 is 0. The average Bonchev–Trinajstić information content (AvgIpc) is 3.02. The summed E-state index contributed by atoms with van der Waals surface area (Å²) in [5, 5.41) is 12.0. The number of anilines is 1. The highest BCUT2D eigenvalue weighted by Crippen LogP contribution is 2.18. The summed E-state index contributed by atoms with van der Waals surface area (Å²) in [6, 6.07) is 7.66. The molecule has 23 heavy (non-hydrogen) atoms. The molecule has 1 fully saturated rings. The number of piperidine rings is 1. The number of nitriles is 1. The number of aryl methyl sites for hydroxylation is 1. The first-order valence-corrected chi connectivity index (χ1v) is 7.56. The molecule has 0 radical (unpaired) electrons. The molecule has 0 aromatic carbocycles. The first-order chi connectivity index (χ1) is 11.2. The molecule has 3 rings (SSSR count). The van der Waals surface area contributed by atoms with Crippen LogP contribution in [-0.2, 0) is 7.05 Å². The normalized spacial score (nSPS) is 15.2. The van der Waals surface area contributed by atoms with Gasteiger partial charge in [0.15, 0.2) is 0 Å². The van der Waals surface area contributed by atoms with Crippen LogP contribution in [0.4, 0.5) is 5.82 Å². The Kier molecular flexibility index (Phi) is 4.24. The van der Waals surface area contributed by atoms with Crippen molar-refractivity contribution in [3.8, 4) is 6.07 Å². The van der Waals surface area contributed by atoms with Gasteiger partial charge in [-0.2, -0.15) is 5.26 Å². The van der Waals surface area contributed by atoms with Crippen LogP contribution in [-0.4, -0.2) is 39.6 Å². The van der Waals surface area contributed by atoms with Gasteiger partial charge >= 0.3 is 0 Å². The number of aromatic nitrogens is 3. The van der Waals surface area contributed by atoms with Crippen molar-refractivity contribution in [2.24, 2.45) is 7.05 Å². The van der Waals surface area contributed by atoms with Gasteiger partial charge in [-0.1, -0.05) is 6.07 Å². The van der Waals surface area contributed by atoms with Crippen LogP contribution in [0.1, 0.15) is 29.0 Å². The summed E-state index contributed by atoms with van der Waals surface area (Å²) in [5.41, 5.74) is 0.991. The van der Waals surface area contributed by atoms with Crippen LogP contribution in [0.5, 0.6) is 0 Å². The molecular formula is C16H18N6O. The number of hydrogen-bond acceptors (Lipinski definition) is 5. The summed E-state index contributed by atoms with van der Waals surface area (Å²) < 4.78 is 1.71. The number of amides is 1. The maximum absolute atomic E-state index is 12.2. The lowest BCUT2D eigenvalue weighted by Gasteiger charge is -2.33. The van der Waals surface area contributed by atoms with Gasteiger partial charge in [0, 0.05) is 26.2 Å². The molecule has 1 saturated heterocycles. The summed E-state index contributed by atoms with van der Waals surface area (Å²) in [7, 11) is 1.80. The number of nitrogens with one attached hydrogen (secondary N) is 1. The highest BCUT2D eigenvalue weighted by Gasteiger charge is 2.22. The van der Waals surface area contributed by atoms with E-state index in [0.29, 0.717) is 11.4 Å². The van der Waals surface area contributed by atoms with Crippen LogP contribution in [0.15, 0.2) is 30.7 Å². The first kappa shape index (κ1) is 15.0. The summed E-state index contributed by atoms with van der Waals surface area (Å²) in [6.45, 7) is 1.61. The van der Waals surface area contributed by atoms with Crippen molar-refractivity contribution in [2.45, 2.75) is 18.9 Å². The van der Waals surface area contributed by atoms with E-state index in [9.17, 15) is 4.79 Å². The molecule has 1 aliphatic rings. The molecule has 0 aliphatic carbocycles. The molecule has 1 aliphatic heterocycles. The molecule has 3 heterocycles. The minimum Gasteiger partial charge on any atom is -0.356 e. The number of hydrogen-bond donors (Lipinski definition) is 1. The Labute approximate surface area is 134 Å². The summed E-state index contributed by atoms with van der Waals surface area (Å²) in [5.74, 6) is 0.730. The molecule has 0 bridgehead atoms. The van der Waals surface area contributed by atoms with E-state index >= 15 is 0 Å². The Bertz CT molecular complexity index is 739. The molecule has 1 N–H and O–H groups in total. The van der Waals surface area contributed by atoms with Gasteiger partial charge < -0.3 is 14.8 Å². The lowest BCUT2D eigenvalue weighted by molar-refractivity contribution is 0.0923. The van der Waals surface area contributed by atoms with E-state index in [0.717, 1.165) is 31.7 Å². The molecule has 0 saturated carbocycles. The summed E-state index contributed by atoms with van der Waals surface area (Å²) in [4.78, 5) is 22.6. The van der Waals surface area contributed by atoms with Gasteiger partial charge in [-0.15, -0.1) is 0 Å². The fourth-order valence-electron chi connectivity index (χ4n) is 2.75. The van der Waals surface area contributed by atoms with E-state index in [1.807, 2.05) is 12.1 Å². The fraction of sp³-hybridized carbons (Fsp3) is 0.375. The van der Waals surface area contributed by atoms with Gasteiger partial charge in [0.1, 0.15) is 23.3 Å². The minimum atomic E-state index is -0.0898. The Morgan fingerprint density at radius 3 is 2.83 bits per heavy atom. The van der Waals surface area contributed by atoms with Gasteiger partial charge in [0.25, 0.3) is 5.91 Å². The smallest absolute Gasteiger partial charge is 0.269 e. The lowest BCUT2D eigenvalue weighted by atomic mass is 10.0. The zero-order valence-electron chi connectivity index (χ0n) is 12.9. The minimum absolute atomic E-state index is 0.0898. The fourth-order valence-corrected chi connectivity index (χ4v) is 2.75. The zero-order valence-corrected chi connectivity index (χ0v) is 12.9. The standard InChI is InChI=1S/C16H18N6O/c1-21-11-18-10-14(21)16(23)20-12-5-7-22(8-6-12)15-4-2-3-13(9-17)19-15/h2-4,10-12H,5-8H2,1H3,(H,20,23). The quantitative estimate of drug-likeness (QED) is 0.917. The molecule has 0 unspecified atom stereocenters. The van der Waals surface area contributed by atoms with Crippen molar-refractivity contribution in [1.82, 2.24) is 19.9 Å². The maximum atomic E-state index is 12.2. The number of carbonyl (C=O) groups excluding carboxylic acids is 1. The molecule has 0 spiro atoms. The molecule has 1 amide bonds. The predicted molar refractivity (Wildman–Crippen MR) is 84.9 cm³/mol. The molecule has 0 atom stereocenters. The van der Waals surface area contributed by atoms with E-state index in [1.165, 1.54) is 0 Å². The van der Waals surface area contributed by atoms with Crippen LogP contribution in [0.25, 0.3) is 0 Å². The van der Waals surface area contributed by atoms with E-state index in [-0.39, 0.29) is 11.9 Å². The molecule has 7 heteroatoms. The molecule has 2 aromatic heterocycles. The zero-order chi connectivity index (χ0) is 16.2. The van der Waals surface area contributed by atoms with Gasteiger partial charge in [0.2, 0.25) is 0 Å². The third-order valence-electron chi connectivity index (χ3n) is 4.05. The van der Waals surface area contributed by atoms with Crippen molar-refractivity contribution in [3.05, 3.63) is 42.1 Å². The van der Waals surface area contributed by atoms with Crippen LogP contribution < -0.4 is 10.2 Å². The van der Waals surface area contributed by atoms with Gasteiger partial charge in [-0.25, -0.2) is 9.97 Å². The number of pyridine rings is 1. The van der Waals surface area contributed by atoms with Crippen molar-refractivity contribution >= 4 is 11.7 Å². The molecule has 7 nitrogen and oxygen atoms in total. The number of carbonyl (C=O) groups is 1. The first-order valence-electron chi connectivity index (χ1n) is 7.56. The number of nitrogens with zero attached hydrogens (tertiary/aromatic N) is 5. The second-order valence-electron chi connectivity index (χ2n) is 5.62. The van der Waals surface area contributed by atoms with Crippen molar-refractivity contribution < 1.29 is 4.79 Å². The number of rotatable bonds is 3. The van der Waals surface area contributed by atoms with E-state index in [1.54, 1.807) is 30.2 Å². The third-order valence-corrected chi connectivity index (χ3v) is 4.05. The van der Waals surface area contributed by atoms with Crippen molar-refractivity contribution in [3.63, 3.8) is 0 Å². The van der Waals surface area contributed by atoms with E-state index in [4.69, 9.17) is 5.26 Å². The molecule has 118 valence electrons. The maximum Gasteiger partial charge on any atom is 0.269 e. The van der Waals surface area contributed by atoms with Gasteiger partial charge in [-0.05, 0) is 25.0 Å². The Balaban J connectivity index is 1.57. The van der Waals surface area contributed by atoms with Crippen molar-refractivity contribution in [2.75, 3.05) is 18.0 Å². The van der Waals surface area contributed by atoms with E-state index in [2.05, 4.69) is 26.3 Å². The monoisotopic (exact) mass is 310 g/mol. The van der Waals surface area contributed by atoms with Crippen LogP contribution in [0, 0.1) is 11.3 Å². The highest BCUT2D eigenvalue weighted by atomic mass is 16.2. The summed E-state index contributed by atoms with van der Waals surface area (Å²) in [6.07, 6.45) is 4.89.